The smallest absolute Gasteiger partial charge is 0.246 e. The lowest BCUT2D eigenvalue weighted by atomic mass is 10.2. The van der Waals surface area contributed by atoms with Crippen LogP contribution in [-0.4, -0.2) is 49.7 Å². The van der Waals surface area contributed by atoms with Crippen molar-refractivity contribution in [2.75, 3.05) is 23.9 Å². The minimum absolute atomic E-state index is 0.0362. The Bertz CT molecular complexity index is 723. The summed E-state index contributed by atoms with van der Waals surface area (Å²) in [7, 11) is -1.39. The number of rotatable bonds is 4. The van der Waals surface area contributed by atoms with Crippen LogP contribution < -0.4 is 5.32 Å². The van der Waals surface area contributed by atoms with Gasteiger partial charge in [-0.15, -0.1) is 0 Å². The molecule has 1 aromatic rings. The molecule has 1 fully saturated rings. The molecule has 1 heterocycles. The molecule has 1 aliphatic heterocycles. The van der Waals surface area contributed by atoms with Crippen molar-refractivity contribution in [2.45, 2.75) is 19.4 Å². The minimum atomic E-state index is -3.01. The van der Waals surface area contributed by atoms with Crippen LogP contribution in [0.4, 0.5) is 5.69 Å². The van der Waals surface area contributed by atoms with Gasteiger partial charge in [0.05, 0.1) is 11.5 Å². The second-order valence-corrected chi connectivity index (χ2v) is 7.87. The molecule has 2 rings (SSSR count). The van der Waals surface area contributed by atoms with Gasteiger partial charge in [0.25, 0.3) is 0 Å². The molecule has 23 heavy (non-hydrogen) atoms. The van der Waals surface area contributed by atoms with Crippen LogP contribution in [0.1, 0.15) is 18.9 Å². The van der Waals surface area contributed by atoms with E-state index in [2.05, 4.69) is 5.32 Å². The van der Waals surface area contributed by atoms with Gasteiger partial charge in [-0.2, -0.15) is 0 Å². The number of sulfone groups is 1. The van der Waals surface area contributed by atoms with E-state index in [-0.39, 0.29) is 29.4 Å². The summed E-state index contributed by atoms with van der Waals surface area (Å²) in [4.78, 5) is 24.5. The zero-order valence-electron chi connectivity index (χ0n) is 13.2. The first-order valence-electron chi connectivity index (χ1n) is 7.30. The first kappa shape index (κ1) is 17.2. The maximum atomic E-state index is 12.1. The van der Waals surface area contributed by atoms with Gasteiger partial charge in [-0.1, -0.05) is 12.1 Å². The zero-order valence-corrected chi connectivity index (χ0v) is 14.0. The fourth-order valence-corrected chi connectivity index (χ4v) is 4.20. The number of carbonyl (C=O) groups is 2. The Morgan fingerprint density at radius 2 is 1.91 bits per heavy atom. The van der Waals surface area contributed by atoms with E-state index in [0.29, 0.717) is 12.1 Å². The monoisotopic (exact) mass is 336 g/mol. The fourth-order valence-electron chi connectivity index (χ4n) is 2.43. The van der Waals surface area contributed by atoms with Gasteiger partial charge in [-0.3, -0.25) is 9.59 Å². The number of hydrogen-bond acceptors (Lipinski definition) is 4. The Balaban J connectivity index is 1.96. The van der Waals surface area contributed by atoms with Crippen LogP contribution in [0.3, 0.4) is 0 Å². The predicted molar refractivity (Wildman–Crippen MR) is 89.6 cm³/mol. The van der Waals surface area contributed by atoms with Crippen molar-refractivity contribution in [1.29, 1.82) is 0 Å². The first-order valence-corrected chi connectivity index (χ1v) is 9.12. The number of carbonyl (C=O) groups excluding carboxylic acids is 2. The highest BCUT2D eigenvalue weighted by atomic mass is 32.2. The van der Waals surface area contributed by atoms with Crippen LogP contribution in [0.15, 0.2) is 30.3 Å². The van der Waals surface area contributed by atoms with Gasteiger partial charge in [0.15, 0.2) is 9.84 Å². The van der Waals surface area contributed by atoms with Crippen LogP contribution in [0.2, 0.25) is 0 Å². The molecule has 0 saturated carbocycles. The molecular weight excluding hydrogens is 316 g/mol. The lowest BCUT2D eigenvalue weighted by Crippen LogP contribution is -2.36. The highest BCUT2D eigenvalue weighted by Crippen LogP contribution is 2.17. The van der Waals surface area contributed by atoms with E-state index in [1.54, 1.807) is 37.4 Å². The maximum absolute atomic E-state index is 12.1. The number of nitrogens with zero attached hydrogens (tertiary/aromatic N) is 1. The van der Waals surface area contributed by atoms with Crippen molar-refractivity contribution in [1.82, 2.24) is 4.90 Å². The van der Waals surface area contributed by atoms with Crippen molar-refractivity contribution in [3.8, 4) is 0 Å². The minimum Gasteiger partial charge on any atom is -0.338 e. The van der Waals surface area contributed by atoms with Gasteiger partial charge in [0, 0.05) is 31.8 Å². The Kier molecular flexibility index (Phi) is 5.20. The summed E-state index contributed by atoms with van der Waals surface area (Å²) in [5.74, 6) is -0.187. The average molecular weight is 336 g/mol. The highest BCUT2D eigenvalue weighted by molar-refractivity contribution is 7.91. The molecule has 1 atom stereocenters. The molecular formula is C16H20N2O4S. The van der Waals surface area contributed by atoms with Gasteiger partial charge in [0.1, 0.15) is 0 Å². The summed E-state index contributed by atoms with van der Waals surface area (Å²) in [5.41, 5.74) is 1.51. The van der Waals surface area contributed by atoms with E-state index in [9.17, 15) is 18.0 Å². The Labute approximate surface area is 136 Å². The third-order valence-corrected chi connectivity index (χ3v) is 5.50. The third kappa shape index (κ3) is 4.92. The maximum Gasteiger partial charge on any atom is 0.246 e. The summed E-state index contributed by atoms with van der Waals surface area (Å²) >= 11 is 0. The van der Waals surface area contributed by atoms with Gasteiger partial charge in [-0.25, -0.2) is 8.42 Å². The lowest BCUT2D eigenvalue weighted by Gasteiger charge is -2.21. The number of likely N-dealkylation sites (N-methyl/N-ethyl adjacent to an activating group) is 1. The summed E-state index contributed by atoms with van der Waals surface area (Å²) in [6, 6.07) is 6.82. The molecule has 1 unspecified atom stereocenters. The largest absolute Gasteiger partial charge is 0.338 e. The normalized spacial score (nSPS) is 19.7. The Hall–Kier alpha value is -2.15. The standard InChI is InChI=1S/C16H20N2O4S/c1-12(19)17-14-6-3-13(4-7-14)5-8-16(20)18(2)15-9-10-23(21,22)11-15/h3-8,15H,9-11H2,1-2H3,(H,17,19)/b8-5+. The molecule has 1 aliphatic rings. The average Bonchev–Trinajstić information content (AvgIpc) is 2.85. The van der Waals surface area contributed by atoms with Gasteiger partial charge in [0.2, 0.25) is 11.8 Å². The van der Waals surface area contributed by atoms with Crippen LogP contribution in [-0.2, 0) is 19.4 Å². The highest BCUT2D eigenvalue weighted by Gasteiger charge is 2.31. The molecule has 2 amide bonds. The molecule has 0 bridgehead atoms. The summed E-state index contributed by atoms with van der Waals surface area (Å²) in [6.45, 7) is 1.44. The van der Waals surface area contributed by atoms with E-state index >= 15 is 0 Å². The molecule has 1 aromatic carbocycles. The van der Waals surface area contributed by atoms with E-state index in [0.717, 1.165) is 5.56 Å². The van der Waals surface area contributed by atoms with Crippen LogP contribution in [0, 0.1) is 0 Å². The van der Waals surface area contributed by atoms with Crippen LogP contribution >= 0.6 is 0 Å². The SMILES string of the molecule is CC(=O)Nc1ccc(/C=C/C(=O)N(C)C2CCS(=O)(=O)C2)cc1. The van der Waals surface area contributed by atoms with Crippen molar-refractivity contribution in [3.05, 3.63) is 35.9 Å². The summed E-state index contributed by atoms with van der Waals surface area (Å²) in [6.07, 6.45) is 3.59. The molecule has 1 N–H and O–H groups in total. The molecule has 0 radical (unpaired) electrons. The second kappa shape index (κ2) is 6.95. The van der Waals surface area contributed by atoms with E-state index < -0.39 is 9.84 Å². The first-order chi connectivity index (χ1) is 10.8. The Morgan fingerprint density at radius 1 is 1.26 bits per heavy atom. The summed E-state index contributed by atoms with van der Waals surface area (Å²) in [5, 5.41) is 2.66. The fraction of sp³-hybridized carbons (Fsp3) is 0.375. The third-order valence-electron chi connectivity index (χ3n) is 3.75. The second-order valence-electron chi connectivity index (χ2n) is 5.64. The number of benzene rings is 1. The lowest BCUT2D eigenvalue weighted by molar-refractivity contribution is -0.126. The quantitative estimate of drug-likeness (QED) is 0.840. The molecule has 1 saturated heterocycles. The number of amides is 2. The molecule has 0 spiro atoms. The van der Waals surface area contributed by atoms with Gasteiger partial charge < -0.3 is 10.2 Å². The van der Waals surface area contributed by atoms with Crippen molar-refractivity contribution in [3.63, 3.8) is 0 Å². The van der Waals surface area contributed by atoms with Gasteiger partial charge >= 0.3 is 0 Å². The summed E-state index contributed by atoms with van der Waals surface area (Å²) < 4.78 is 22.9. The molecule has 0 aromatic heterocycles. The van der Waals surface area contributed by atoms with Crippen molar-refractivity contribution < 1.29 is 18.0 Å². The topological polar surface area (TPSA) is 83.6 Å². The van der Waals surface area contributed by atoms with Gasteiger partial charge in [-0.05, 0) is 30.2 Å². The molecule has 6 nitrogen and oxygen atoms in total. The number of nitrogens with one attached hydrogen (secondary N) is 1. The zero-order chi connectivity index (χ0) is 17.0. The van der Waals surface area contributed by atoms with Crippen molar-refractivity contribution >= 4 is 33.4 Å². The molecule has 7 heteroatoms. The number of anilines is 1. The van der Waals surface area contributed by atoms with E-state index in [4.69, 9.17) is 0 Å². The molecule has 0 aliphatic carbocycles. The number of hydrogen-bond donors (Lipinski definition) is 1. The van der Waals surface area contributed by atoms with E-state index in [1.807, 2.05) is 0 Å². The Morgan fingerprint density at radius 3 is 2.43 bits per heavy atom. The van der Waals surface area contributed by atoms with E-state index in [1.165, 1.54) is 17.9 Å². The van der Waals surface area contributed by atoms with Crippen LogP contribution in [0.25, 0.3) is 6.08 Å². The van der Waals surface area contributed by atoms with Crippen LogP contribution in [0.5, 0.6) is 0 Å². The predicted octanol–water partition coefficient (Wildman–Crippen LogP) is 1.30. The molecule has 124 valence electrons. The van der Waals surface area contributed by atoms with Crippen molar-refractivity contribution in [2.24, 2.45) is 0 Å².